The van der Waals surface area contributed by atoms with Crippen LogP contribution in [-0.4, -0.2) is 19.3 Å². The van der Waals surface area contributed by atoms with Gasteiger partial charge in [-0.05, 0) is 23.0 Å². The van der Waals surface area contributed by atoms with E-state index >= 15 is 0 Å². The molecule has 0 saturated carbocycles. The second-order valence-electron chi connectivity index (χ2n) is 5.62. The van der Waals surface area contributed by atoms with Gasteiger partial charge in [0.15, 0.2) is 0 Å². The van der Waals surface area contributed by atoms with Crippen LogP contribution in [0.2, 0.25) is 18.1 Å². The molecule has 0 radical (unpaired) electrons. The lowest BCUT2D eigenvalue weighted by molar-refractivity contribution is 1.07. The van der Waals surface area contributed by atoms with E-state index in [1.165, 1.54) is 29.0 Å². The molecular formula is C18H26N2Si. The number of aliphatic imine (C=N–C) groups is 1. The maximum atomic E-state index is 4.54. The lowest BCUT2D eigenvalue weighted by atomic mass is 10.2. The van der Waals surface area contributed by atoms with Crippen molar-refractivity contribution in [3.8, 4) is 0 Å². The first kappa shape index (κ1) is 15.8. The fraction of sp³-hybridized carbons (Fsp3) is 0.389. The van der Waals surface area contributed by atoms with E-state index in [2.05, 4.69) is 67.1 Å². The van der Waals surface area contributed by atoms with Crippen LogP contribution in [0.15, 0.2) is 47.5 Å². The van der Waals surface area contributed by atoms with Gasteiger partial charge in [0.1, 0.15) is 8.07 Å². The monoisotopic (exact) mass is 298 g/mol. The molecule has 0 unspecified atom stereocenters. The van der Waals surface area contributed by atoms with E-state index in [1.54, 1.807) is 0 Å². The summed E-state index contributed by atoms with van der Waals surface area (Å²) in [6.45, 7) is 7.75. The third-order valence-corrected chi connectivity index (χ3v) is 10.2. The Kier molecular flexibility index (Phi) is 5.57. The van der Waals surface area contributed by atoms with Crippen LogP contribution in [0, 0.1) is 0 Å². The molecule has 3 heteroatoms. The van der Waals surface area contributed by atoms with Crippen LogP contribution in [0.1, 0.15) is 32.0 Å². The molecule has 1 N–H and O–H groups in total. The Balaban J connectivity index is 2.06. The summed E-state index contributed by atoms with van der Waals surface area (Å²) in [4.78, 5) is 8.15. The molecule has 0 fully saturated rings. The van der Waals surface area contributed by atoms with E-state index in [0.717, 1.165) is 12.2 Å². The van der Waals surface area contributed by atoms with Gasteiger partial charge in [-0.25, -0.2) is 0 Å². The van der Waals surface area contributed by atoms with Crippen LogP contribution in [0.3, 0.4) is 0 Å². The zero-order valence-corrected chi connectivity index (χ0v) is 14.4. The Morgan fingerprint density at radius 2 is 1.62 bits per heavy atom. The molecular weight excluding hydrogens is 272 g/mol. The number of benzene rings is 1. The highest BCUT2D eigenvalue weighted by Crippen LogP contribution is 2.19. The van der Waals surface area contributed by atoms with Crippen molar-refractivity contribution in [1.82, 2.24) is 4.98 Å². The fourth-order valence-electron chi connectivity index (χ4n) is 2.95. The zero-order valence-electron chi connectivity index (χ0n) is 13.4. The molecule has 0 amide bonds. The Labute approximate surface area is 129 Å². The molecule has 112 valence electrons. The van der Waals surface area contributed by atoms with Crippen molar-refractivity contribution >= 4 is 19.6 Å². The van der Waals surface area contributed by atoms with Crippen LogP contribution >= 0.6 is 0 Å². The second-order valence-corrected chi connectivity index (χ2v) is 10.8. The van der Waals surface area contributed by atoms with Gasteiger partial charge in [0, 0.05) is 6.21 Å². The third kappa shape index (κ3) is 3.73. The molecule has 2 nitrogen and oxygen atoms in total. The Hall–Kier alpha value is -1.61. The van der Waals surface area contributed by atoms with Gasteiger partial charge in [0.25, 0.3) is 0 Å². The molecule has 1 aromatic heterocycles. The Morgan fingerprint density at radius 1 is 0.952 bits per heavy atom. The normalized spacial score (nSPS) is 12.1. The fourth-order valence-corrected chi connectivity index (χ4v) is 6.44. The van der Waals surface area contributed by atoms with Gasteiger partial charge in [0.05, 0.1) is 12.2 Å². The molecule has 0 aliphatic heterocycles. The van der Waals surface area contributed by atoms with Crippen LogP contribution in [0.5, 0.6) is 0 Å². The highest BCUT2D eigenvalue weighted by atomic mass is 28.3. The number of hydrogen-bond acceptors (Lipinski definition) is 1. The molecule has 0 aliphatic carbocycles. The Morgan fingerprint density at radius 3 is 2.24 bits per heavy atom. The van der Waals surface area contributed by atoms with Gasteiger partial charge in [-0.15, -0.1) is 0 Å². The third-order valence-electron chi connectivity index (χ3n) is 4.66. The van der Waals surface area contributed by atoms with Gasteiger partial charge in [-0.1, -0.05) is 69.2 Å². The van der Waals surface area contributed by atoms with Crippen molar-refractivity contribution < 1.29 is 0 Å². The minimum atomic E-state index is -1.29. The van der Waals surface area contributed by atoms with Crippen molar-refractivity contribution in [3.63, 3.8) is 0 Å². The summed E-state index contributed by atoms with van der Waals surface area (Å²) in [7, 11) is -1.29. The molecule has 0 aliphatic rings. The topological polar surface area (TPSA) is 28.1 Å². The summed E-state index contributed by atoms with van der Waals surface area (Å²) in [5.41, 5.74) is 2.38. The smallest absolute Gasteiger partial charge is 0.106 e. The van der Waals surface area contributed by atoms with Crippen molar-refractivity contribution in [2.24, 2.45) is 4.99 Å². The van der Waals surface area contributed by atoms with E-state index < -0.39 is 8.07 Å². The average Bonchev–Trinajstić information content (AvgIpc) is 3.00. The number of nitrogens with zero attached hydrogens (tertiary/aromatic N) is 1. The first-order valence-electron chi connectivity index (χ1n) is 7.97. The van der Waals surface area contributed by atoms with Crippen molar-refractivity contribution in [3.05, 3.63) is 53.7 Å². The summed E-state index contributed by atoms with van der Waals surface area (Å²) in [5, 5.41) is 1.48. The highest BCUT2D eigenvalue weighted by Gasteiger charge is 2.30. The first-order valence-corrected chi connectivity index (χ1v) is 10.6. The summed E-state index contributed by atoms with van der Waals surface area (Å²) >= 11 is 0. The number of aromatic amines is 1. The minimum absolute atomic E-state index is 0.743. The first-order chi connectivity index (χ1) is 10.2. The van der Waals surface area contributed by atoms with Gasteiger partial charge in [0.2, 0.25) is 0 Å². The summed E-state index contributed by atoms with van der Waals surface area (Å²) in [6.07, 6.45) is 1.97. The lowest BCUT2D eigenvalue weighted by Gasteiger charge is -2.26. The van der Waals surface area contributed by atoms with Crippen LogP contribution in [0.4, 0.5) is 0 Å². The molecule has 0 spiro atoms. The number of hydrogen-bond donors (Lipinski definition) is 1. The quantitative estimate of drug-likeness (QED) is 0.581. The molecule has 1 aromatic carbocycles. The molecule has 1 heterocycles. The summed E-state index contributed by atoms with van der Waals surface area (Å²) in [6, 6.07) is 18.8. The predicted octanol–water partition coefficient (Wildman–Crippen LogP) is 4.35. The zero-order chi connectivity index (χ0) is 15.1. The number of aromatic nitrogens is 1. The van der Waals surface area contributed by atoms with E-state index in [9.17, 15) is 0 Å². The average molecular weight is 299 g/mol. The molecule has 0 bridgehead atoms. The predicted molar refractivity (Wildman–Crippen MR) is 95.4 cm³/mol. The minimum Gasteiger partial charge on any atom is -0.361 e. The van der Waals surface area contributed by atoms with Crippen LogP contribution in [-0.2, 0) is 6.54 Å². The van der Waals surface area contributed by atoms with Gasteiger partial charge in [-0.2, -0.15) is 0 Å². The molecule has 0 saturated heterocycles. The van der Waals surface area contributed by atoms with E-state index in [1.807, 2.05) is 12.3 Å². The van der Waals surface area contributed by atoms with Gasteiger partial charge >= 0.3 is 0 Å². The maximum Gasteiger partial charge on any atom is 0.106 e. The number of H-pyrrole nitrogens is 1. The van der Waals surface area contributed by atoms with E-state index in [4.69, 9.17) is 0 Å². The SMILES string of the molecule is CC[Si](CC)(CC)c1ccc(C=NCc2ccccc2)[nH]1. The van der Waals surface area contributed by atoms with Crippen molar-refractivity contribution in [1.29, 1.82) is 0 Å². The summed E-state index contributed by atoms with van der Waals surface area (Å²) in [5.74, 6) is 0. The number of nitrogens with one attached hydrogen (secondary N) is 1. The molecule has 2 rings (SSSR count). The highest BCUT2D eigenvalue weighted by molar-refractivity contribution is 6.91. The van der Waals surface area contributed by atoms with E-state index in [0.29, 0.717) is 0 Å². The molecule has 2 aromatic rings. The number of rotatable bonds is 7. The second kappa shape index (κ2) is 7.41. The van der Waals surface area contributed by atoms with Crippen LogP contribution < -0.4 is 5.32 Å². The van der Waals surface area contributed by atoms with E-state index in [-0.39, 0.29) is 0 Å². The Bertz CT molecular complexity index is 560. The standard InChI is InChI=1S/C18H26N2Si/c1-4-21(5-2,6-3)18-13-12-17(20-18)15-19-14-16-10-8-7-9-11-16/h7-13,15,20H,4-6,14H2,1-3H3. The molecule has 21 heavy (non-hydrogen) atoms. The lowest BCUT2D eigenvalue weighted by Crippen LogP contribution is -2.46. The largest absolute Gasteiger partial charge is 0.361 e. The maximum absolute atomic E-state index is 4.54. The van der Waals surface area contributed by atoms with Crippen LogP contribution in [0.25, 0.3) is 0 Å². The summed E-state index contributed by atoms with van der Waals surface area (Å²) < 4.78 is 0. The van der Waals surface area contributed by atoms with Crippen molar-refractivity contribution in [2.45, 2.75) is 45.4 Å². The van der Waals surface area contributed by atoms with Gasteiger partial charge < -0.3 is 4.98 Å². The van der Waals surface area contributed by atoms with Gasteiger partial charge in [-0.3, -0.25) is 4.99 Å². The molecule has 0 atom stereocenters. The van der Waals surface area contributed by atoms with Crippen molar-refractivity contribution in [2.75, 3.05) is 0 Å².